The van der Waals surface area contributed by atoms with Gasteiger partial charge >= 0.3 is 0 Å². The Bertz CT molecular complexity index is 1920. The van der Waals surface area contributed by atoms with Gasteiger partial charge in [-0.3, -0.25) is 4.79 Å². The van der Waals surface area contributed by atoms with Crippen LogP contribution < -0.4 is 10.1 Å². The first-order valence-corrected chi connectivity index (χ1v) is 13.7. The highest BCUT2D eigenvalue weighted by molar-refractivity contribution is 7.15. The van der Waals surface area contributed by atoms with Crippen molar-refractivity contribution in [3.8, 4) is 28.3 Å². The summed E-state index contributed by atoms with van der Waals surface area (Å²) in [5.41, 5.74) is 8.00. The van der Waals surface area contributed by atoms with Gasteiger partial charge in [0.25, 0.3) is 5.56 Å². The maximum absolute atomic E-state index is 13.4. The Hall–Kier alpha value is -4.36. The van der Waals surface area contributed by atoms with Crippen LogP contribution in [-0.4, -0.2) is 24.4 Å². The zero-order valence-electron chi connectivity index (χ0n) is 22.6. The molecule has 3 heterocycles. The van der Waals surface area contributed by atoms with Crippen LogP contribution in [0.4, 0.5) is 0 Å². The maximum atomic E-state index is 13.4. The summed E-state index contributed by atoms with van der Waals surface area (Å²) in [4.78, 5) is 18.7. The number of aromatic nitrogens is 5. The zero-order chi connectivity index (χ0) is 27.3. The van der Waals surface area contributed by atoms with Gasteiger partial charge < -0.3 is 0 Å². The second-order valence-electron chi connectivity index (χ2n) is 10.9. The van der Waals surface area contributed by atoms with E-state index in [4.69, 9.17) is 5.10 Å². The van der Waals surface area contributed by atoms with Gasteiger partial charge in [-0.05, 0) is 54.7 Å². The van der Waals surface area contributed by atoms with Gasteiger partial charge in [0.15, 0.2) is 5.82 Å². The molecule has 194 valence electrons. The first-order valence-electron chi connectivity index (χ1n) is 12.9. The molecule has 0 aliphatic carbocycles. The van der Waals surface area contributed by atoms with E-state index in [2.05, 4.69) is 75.0 Å². The Kier molecular flexibility index (Phi) is 6.03. The number of thiazole rings is 1. The summed E-state index contributed by atoms with van der Waals surface area (Å²) in [7, 11) is 0. The van der Waals surface area contributed by atoms with Crippen LogP contribution in [0.3, 0.4) is 0 Å². The van der Waals surface area contributed by atoms with Crippen LogP contribution in [-0.2, 0) is 5.41 Å². The maximum Gasteiger partial charge on any atom is 0.291 e. The quantitative estimate of drug-likeness (QED) is 0.274. The van der Waals surface area contributed by atoms with Crippen molar-refractivity contribution >= 4 is 22.4 Å². The average Bonchev–Trinajstić information content (AvgIpc) is 3.61. The van der Waals surface area contributed by atoms with E-state index in [-0.39, 0.29) is 11.0 Å². The highest BCUT2D eigenvalue weighted by Crippen LogP contribution is 2.29. The molecule has 3 aromatic carbocycles. The van der Waals surface area contributed by atoms with Gasteiger partial charge in [-0.15, -0.1) is 5.10 Å². The van der Waals surface area contributed by atoms with Gasteiger partial charge in [0.1, 0.15) is 5.69 Å². The minimum atomic E-state index is -0.181. The summed E-state index contributed by atoms with van der Waals surface area (Å²) in [6.07, 6.45) is 3.88. The molecule has 0 aliphatic rings. The van der Waals surface area contributed by atoms with Crippen LogP contribution in [0.2, 0.25) is 0 Å². The number of hydrogen-bond donors (Lipinski definition) is 0. The van der Waals surface area contributed by atoms with E-state index in [9.17, 15) is 4.79 Å². The number of para-hydroxylation sites is 1. The van der Waals surface area contributed by atoms with Gasteiger partial charge in [0, 0.05) is 22.9 Å². The summed E-state index contributed by atoms with van der Waals surface area (Å²) in [6.45, 7) is 10.7. The number of hydrogen-bond acceptors (Lipinski definition) is 5. The van der Waals surface area contributed by atoms with E-state index in [1.165, 1.54) is 21.4 Å². The van der Waals surface area contributed by atoms with Gasteiger partial charge in [-0.2, -0.15) is 14.6 Å². The molecule has 0 saturated heterocycles. The topological polar surface area (TPSA) is 65.1 Å². The van der Waals surface area contributed by atoms with Crippen LogP contribution in [0.25, 0.3) is 39.4 Å². The van der Waals surface area contributed by atoms with E-state index in [1.807, 2.05) is 59.4 Å². The number of rotatable bonds is 4. The molecule has 7 heteroatoms. The Labute approximate surface area is 230 Å². The fourth-order valence-corrected chi connectivity index (χ4v) is 5.52. The first kappa shape index (κ1) is 24.9. The second kappa shape index (κ2) is 9.43. The third kappa shape index (κ3) is 4.70. The molecule has 6 rings (SSSR count). The molecule has 0 atom stereocenters. The van der Waals surface area contributed by atoms with E-state index < -0.39 is 0 Å². The van der Waals surface area contributed by atoms with Gasteiger partial charge in [-0.25, -0.2) is 4.68 Å². The Morgan fingerprint density at radius 2 is 1.64 bits per heavy atom. The third-order valence-electron chi connectivity index (χ3n) is 6.89. The molecule has 0 aliphatic heterocycles. The molecular formula is C32H29N5OS. The molecule has 0 spiro atoms. The number of aryl methyl sites for hydroxylation is 2. The van der Waals surface area contributed by atoms with E-state index >= 15 is 0 Å². The van der Waals surface area contributed by atoms with Gasteiger partial charge in [0.2, 0.25) is 4.96 Å². The fraction of sp³-hybridized carbons (Fsp3) is 0.188. The predicted molar refractivity (Wildman–Crippen MR) is 159 cm³/mol. The molecule has 0 saturated carbocycles. The lowest BCUT2D eigenvalue weighted by atomic mass is 9.87. The molecule has 3 aromatic heterocycles. The van der Waals surface area contributed by atoms with Crippen molar-refractivity contribution < 1.29 is 0 Å². The molecule has 6 nitrogen and oxygen atoms in total. The highest BCUT2D eigenvalue weighted by atomic mass is 32.1. The molecule has 0 radical (unpaired) electrons. The second-order valence-corrected chi connectivity index (χ2v) is 11.9. The van der Waals surface area contributed by atoms with E-state index in [0.717, 1.165) is 39.2 Å². The van der Waals surface area contributed by atoms with E-state index in [0.29, 0.717) is 15.3 Å². The first-order chi connectivity index (χ1) is 18.7. The lowest BCUT2D eigenvalue weighted by Gasteiger charge is -2.18. The summed E-state index contributed by atoms with van der Waals surface area (Å²) >= 11 is 1.34. The normalized spacial score (nSPS) is 12.5. The van der Waals surface area contributed by atoms with Crippen molar-refractivity contribution in [2.45, 2.75) is 40.0 Å². The lowest BCUT2D eigenvalue weighted by Crippen LogP contribution is -2.23. The van der Waals surface area contributed by atoms with Crippen molar-refractivity contribution in [3.05, 3.63) is 116 Å². The standard InChI is InChI=1S/C32H29N5OS/c1-20-11-12-21(2)26(17-20)28-23(19-36(34-28)25-9-7-6-8-10-25)18-27-30(38)37-31(39-27)33-29(35-37)22-13-15-24(16-14-22)32(3,4)5/h6-19H,1-5H3/b27-18-. The molecule has 0 amide bonds. The van der Waals surface area contributed by atoms with Crippen LogP contribution >= 0.6 is 11.3 Å². The Balaban J connectivity index is 1.45. The predicted octanol–water partition coefficient (Wildman–Crippen LogP) is 6.13. The largest absolute Gasteiger partial charge is 0.291 e. The molecule has 6 aromatic rings. The monoisotopic (exact) mass is 531 g/mol. The molecule has 0 N–H and O–H groups in total. The lowest BCUT2D eigenvalue weighted by molar-refractivity contribution is 0.590. The van der Waals surface area contributed by atoms with Crippen molar-refractivity contribution in [3.63, 3.8) is 0 Å². The molecular weight excluding hydrogens is 502 g/mol. The minimum absolute atomic E-state index is 0.0671. The average molecular weight is 532 g/mol. The van der Waals surface area contributed by atoms with Crippen LogP contribution in [0.5, 0.6) is 0 Å². The summed E-state index contributed by atoms with van der Waals surface area (Å²) in [5, 5.41) is 9.51. The smallest absolute Gasteiger partial charge is 0.266 e. The fourth-order valence-electron chi connectivity index (χ4n) is 4.62. The molecule has 0 unspecified atom stereocenters. The van der Waals surface area contributed by atoms with Crippen molar-refractivity contribution in [2.75, 3.05) is 0 Å². The highest BCUT2D eigenvalue weighted by Gasteiger charge is 2.17. The van der Waals surface area contributed by atoms with Crippen molar-refractivity contribution in [2.24, 2.45) is 0 Å². The minimum Gasteiger partial charge on any atom is -0.266 e. The molecule has 0 bridgehead atoms. The number of nitrogens with zero attached hydrogens (tertiary/aromatic N) is 5. The number of fused-ring (bicyclic) bond motifs is 1. The summed E-state index contributed by atoms with van der Waals surface area (Å²) in [5.74, 6) is 0.554. The van der Waals surface area contributed by atoms with Crippen LogP contribution in [0.15, 0.2) is 83.8 Å². The number of benzene rings is 3. The molecule has 39 heavy (non-hydrogen) atoms. The molecule has 0 fully saturated rings. The van der Waals surface area contributed by atoms with Crippen molar-refractivity contribution in [1.29, 1.82) is 0 Å². The van der Waals surface area contributed by atoms with Crippen LogP contribution in [0.1, 0.15) is 43.0 Å². The zero-order valence-corrected chi connectivity index (χ0v) is 23.5. The third-order valence-corrected chi connectivity index (χ3v) is 7.85. The van der Waals surface area contributed by atoms with E-state index in [1.54, 1.807) is 0 Å². The summed E-state index contributed by atoms with van der Waals surface area (Å²) < 4.78 is 3.84. The summed E-state index contributed by atoms with van der Waals surface area (Å²) in [6, 6.07) is 24.6. The van der Waals surface area contributed by atoms with Gasteiger partial charge in [-0.1, -0.05) is 92.3 Å². The van der Waals surface area contributed by atoms with Crippen molar-refractivity contribution in [1.82, 2.24) is 24.4 Å². The van der Waals surface area contributed by atoms with Gasteiger partial charge in [0.05, 0.1) is 10.2 Å². The van der Waals surface area contributed by atoms with Crippen LogP contribution in [0, 0.1) is 13.8 Å². The Morgan fingerprint density at radius 3 is 2.33 bits per heavy atom. The Morgan fingerprint density at radius 1 is 0.897 bits per heavy atom. The SMILES string of the molecule is Cc1ccc(C)c(-c2nn(-c3ccccc3)cc2/C=c2\sc3nc(-c4ccc(C(C)(C)C)cc4)nn3c2=O)c1.